The Bertz CT molecular complexity index is 1780. The lowest BCUT2D eigenvalue weighted by Crippen LogP contribution is -2.11. The van der Waals surface area contributed by atoms with Gasteiger partial charge in [0.2, 0.25) is 5.91 Å². The maximum Gasteiger partial charge on any atom is 0.249 e. The molecule has 0 spiro atoms. The quantitative estimate of drug-likeness (QED) is 0.299. The molecule has 4 heteroatoms. The van der Waals surface area contributed by atoms with E-state index in [1.807, 2.05) is 42.5 Å². The summed E-state index contributed by atoms with van der Waals surface area (Å²) in [7, 11) is 1.66. The molecule has 36 heavy (non-hydrogen) atoms. The standard InChI is InChI=1S/C32H25N2O2/c1-20-6-8-24-17-21(7-9-23(24)16-20)19-34-29-5-3-4-28(32(33)35)31(29)27-15-12-25(18-30(27)34)22-10-13-26(36-2)14-11-22/h3-14,16-18H,19H2,1-2H3,(H2,33,35). The predicted molar refractivity (Wildman–Crippen MR) is 147 cm³/mol. The summed E-state index contributed by atoms with van der Waals surface area (Å²) in [4.78, 5) is 12.3. The lowest BCUT2D eigenvalue weighted by molar-refractivity contribution is 0.100. The molecule has 1 amide bonds. The Kier molecular flexibility index (Phi) is 5.23. The first kappa shape index (κ1) is 21.9. The van der Waals surface area contributed by atoms with E-state index in [2.05, 4.69) is 60.0 Å². The lowest BCUT2D eigenvalue weighted by atomic mass is 10.0. The minimum Gasteiger partial charge on any atom is -0.497 e. The van der Waals surface area contributed by atoms with Crippen molar-refractivity contribution in [1.82, 2.24) is 4.57 Å². The summed E-state index contributed by atoms with van der Waals surface area (Å²) in [5.74, 6) is 0.379. The number of hydrogen-bond donors (Lipinski definition) is 1. The number of ether oxygens (including phenoxy) is 1. The zero-order valence-electron chi connectivity index (χ0n) is 20.2. The van der Waals surface area contributed by atoms with Crippen LogP contribution in [0.15, 0.2) is 91.0 Å². The number of rotatable bonds is 5. The number of methoxy groups -OCH3 is 1. The van der Waals surface area contributed by atoms with E-state index in [-0.39, 0.29) is 0 Å². The van der Waals surface area contributed by atoms with Gasteiger partial charge in [-0.05, 0) is 82.9 Å². The molecular formula is C32H25N2O2. The molecular weight excluding hydrogens is 444 g/mol. The van der Waals surface area contributed by atoms with Gasteiger partial charge < -0.3 is 15.0 Å². The summed E-state index contributed by atoms with van der Waals surface area (Å²) in [5, 5.41) is 4.18. The molecule has 175 valence electrons. The highest BCUT2D eigenvalue weighted by Gasteiger charge is 2.17. The molecule has 0 unspecified atom stereocenters. The molecule has 5 aromatic carbocycles. The number of carbonyl (C=O) groups excluding carboxylic acids is 1. The van der Waals surface area contributed by atoms with Crippen LogP contribution in [-0.2, 0) is 6.54 Å². The van der Waals surface area contributed by atoms with Crippen LogP contribution in [0.3, 0.4) is 0 Å². The number of hydrogen-bond acceptors (Lipinski definition) is 2. The van der Waals surface area contributed by atoms with Crippen LogP contribution >= 0.6 is 0 Å². The summed E-state index contributed by atoms with van der Waals surface area (Å²) in [6, 6.07) is 34.4. The molecule has 0 bridgehead atoms. The van der Waals surface area contributed by atoms with Crippen molar-refractivity contribution >= 4 is 38.5 Å². The number of aryl methyl sites for hydroxylation is 1. The topological polar surface area (TPSA) is 57.2 Å². The van der Waals surface area contributed by atoms with E-state index in [0.717, 1.165) is 38.7 Å². The smallest absolute Gasteiger partial charge is 0.249 e. The van der Waals surface area contributed by atoms with E-state index < -0.39 is 5.91 Å². The van der Waals surface area contributed by atoms with E-state index in [0.29, 0.717) is 12.1 Å². The van der Waals surface area contributed by atoms with Gasteiger partial charge in [-0.3, -0.25) is 4.79 Å². The molecule has 6 aromatic rings. The molecule has 1 radical (unpaired) electrons. The van der Waals surface area contributed by atoms with Crippen LogP contribution in [0, 0.1) is 13.0 Å². The van der Waals surface area contributed by atoms with Gasteiger partial charge in [0.15, 0.2) is 0 Å². The van der Waals surface area contributed by atoms with Crippen LogP contribution in [0.1, 0.15) is 21.5 Å². The second-order valence-electron chi connectivity index (χ2n) is 9.21. The number of aromatic nitrogens is 1. The van der Waals surface area contributed by atoms with Gasteiger partial charge in [-0.1, -0.05) is 54.1 Å². The third-order valence-corrected chi connectivity index (χ3v) is 6.88. The van der Waals surface area contributed by atoms with Gasteiger partial charge in [-0.15, -0.1) is 0 Å². The van der Waals surface area contributed by atoms with Crippen LogP contribution in [0.5, 0.6) is 5.75 Å². The van der Waals surface area contributed by atoms with Gasteiger partial charge in [0.1, 0.15) is 5.75 Å². The van der Waals surface area contributed by atoms with Crippen LogP contribution < -0.4 is 10.5 Å². The largest absolute Gasteiger partial charge is 0.497 e. The third-order valence-electron chi connectivity index (χ3n) is 6.88. The Labute approximate surface area is 209 Å². The minimum absolute atomic E-state index is 0.437. The van der Waals surface area contributed by atoms with E-state index in [9.17, 15) is 4.79 Å². The van der Waals surface area contributed by atoms with E-state index in [4.69, 9.17) is 10.5 Å². The normalized spacial score (nSPS) is 11.4. The second kappa shape index (κ2) is 8.58. The Morgan fingerprint density at radius 2 is 1.67 bits per heavy atom. The predicted octanol–water partition coefficient (Wildman–Crippen LogP) is 6.88. The summed E-state index contributed by atoms with van der Waals surface area (Å²) < 4.78 is 7.58. The molecule has 0 aliphatic carbocycles. The van der Waals surface area contributed by atoms with Crippen LogP contribution in [0.4, 0.5) is 0 Å². The maximum atomic E-state index is 12.3. The van der Waals surface area contributed by atoms with Crippen molar-refractivity contribution in [1.29, 1.82) is 0 Å². The van der Waals surface area contributed by atoms with Gasteiger partial charge in [-0.2, -0.15) is 0 Å². The first-order chi connectivity index (χ1) is 17.5. The van der Waals surface area contributed by atoms with Crippen molar-refractivity contribution in [3.05, 3.63) is 114 Å². The van der Waals surface area contributed by atoms with E-state index in [1.54, 1.807) is 13.2 Å². The van der Waals surface area contributed by atoms with Crippen molar-refractivity contribution in [2.24, 2.45) is 5.73 Å². The summed E-state index contributed by atoms with van der Waals surface area (Å²) in [6.07, 6.45) is 0. The number of primary amides is 1. The summed E-state index contributed by atoms with van der Waals surface area (Å²) in [6.45, 7) is 2.77. The fraction of sp³-hybridized carbons (Fsp3) is 0.0938. The number of fused-ring (bicyclic) bond motifs is 4. The van der Waals surface area contributed by atoms with Crippen molar-refractivity contribution in [3.63, 3.8) is 0 Å². The highest BCUT2D eigenvalue weighted by atomic mass is 16.5. The number of benzene rings is 5. The minimum atomic E-state index is -0.437. The first-order valence-corrected chi connectivity index (χ1v) is 11.9. The van der Waals surface area contributed by atoms with Gasteiger partial charge in [0, 0.05) is 22.9 Å². The molecule has 4 nitrogen and oxygen atoms in total. The molecule has 0 aliphatic rings. The molecule has 0 fully saturated rings. The number of carbonyl (C=O) groups is 1. The Hall–Kier alpha value is -4.57. The first-order valence-electron chi connectivity index (χ1n) is 11.9. The molecule has 2 N–H and O–H groups in total. The molecule has 0 aliphatic heterocycles. The molecule has 1 heterocycles. The fourth-order valence-electron chi connectivity index (χ4n) is 5.08. The van der Waals surface area contributed by atoms with Gasteiger partial charge in [0.25, 0.3) is 0 Å². The molecule has 0 saturated carbocycles. The third kappa shape index (κ3) is 3.68. The van der Waals surface area contributed by atoms with Crippen molar-refractivity contribution < 1.29 is 9.53 Å². The zero-order valence-corrected chi connectivity index (χ0v) is 20.2. The molecule has 6 rings (SSSR count). The molecule has 0 saturated heterocycles. The average Bonchev–Trinajstić information content (AvgIpc) is 3.21. The summed E-state index contributed by atoms with van der Waals surface area (Å²) in [5.41, 5.74) is 12.8. The molecule has 0 atom stereocenters. The SMILES string of the molecule is COc1ccc(-c2c[c]c3c4c(C(N)=O)cccc4n(Cc4ccc5cc(C)ccc5c4)c3c2)cc1. The van der Waals surface area contributed by atoms with Gasteiger partial charge >= 0.3 is 0 Å². The Balaban J connectivity index is 1.56. The second-order valence-corrected chi connectivity index (χ2v) is 9.21. The van der Waals surface area contributed by atoms with Crippen molar-refractivity contribution in [2.75, 3.05) is 7.11 Å². The highest BCUT2D eigenvalue weighted by Crippen LogP contribution is 2.35. The number of amides is 1. The van der Waals surface area contributed by atoms with E-state index in [1.165, 1.54) is 21.9 Å². The number of nitrogens with zero attached hydrogens (tertiary/aromatic N) is 1. The van der Waals surface area contributed by atoms with Crippen LogP contribution in [0.25, 0.3) is 43.7 Å². The van der Waals surface area contributed by atoms with Gasteiger partial charge in [0.05, 0.1) is 18.1 Å². The van der Waals surface area contributed by atoms with Crippen LogP contribution in [0.2, 0.25) is 0 Å². The fourth-order valence-corrected chi connectivity index (χ4v) is 5.08. The average molecular weight is 470 g/mol. The van der Waals surface area contributed by atoms with Gasteiger partial charge in [-0.25, -0.2) is 0 Å². The number of nitrogens with two attached hydrogens (primary N) is 1. The lowest BCUT2D eigenvalue weighted by Gasteiger charge is -2.11. The molecule has 1 aromatic heterocycles. The monoisotopic (exact) mass is 469 g/mol. The van der Waals surface area contributed by atoms with Crippen LogP contribution in [-0.4, -0.2) is 17.6 Å². The van der Waals surface area contributed by atoms with Crippen molar-refractivity contribution in [2.45, 2.75) is 13.5 Å². The zero-order chi connectivity index (χ0) is 24.8. The van der Waals surface area contributed by atoms with Crippen molar-refractivity contribution in [3.8, 4) is 16.9 Å². The highest BCUT2D eigenvalue weighted by molar-refractivity contribution is 6.18. The van der Waals surface area contributed by atoms with E-state index >= 15 is 0 Å². The Morgan fingerprint density at radius 1 is 0.889 bits per heavy atom. The maximum absolute atomic E-state index is 12.3. The Morgan fingerprint density at radius 3 is 2.44 bits per heavy atom. The summed E-state index contributed by atoms with van der Waals surface area (Å²) >= 11 is 0.